The number of hydrogen-bond donors (Lipinski definition) is 2. The molecule has 1 aromatic rings. The van der Waals surface area contributed by atoms with Gasteiger partial charge < -0.3 is 15.4 Å². The first-order valence-electron chi connectivity index (χ1n) is 7.78. The zero-order valence-electron chi connectivity index (χ0n) is 13.5. The van der Waals surface area contributed by atoms with Crippen LogP contribution in [0.3, 0.4) is 0 Å². The van der Waals surface area contributed by atoms with Gasteiger partial charge in [-0.05, 0) is 31.5 Å². The molecule has 6 nitrogen and oxygen atoms in total. The first-order chi connectivity index (χ1) is 11.5. The van der Waals surface area contributed by atoms with Gasteiger partial charge in [0.2, 0.25) is 0 Å². The molecule has 8 heteroatoms. The molecule has 1 atom stereocenters. The summed E-state index contributed by atoms with van der Waals surface area (Å²) in [7, 11) is 1.63. The highest BCUT2D eigenvalue weighted by molar-refractivity contribution is 6.39. The predicted octanol–water partition coefficient (Wildman–Crippen LogP) is 1.13. The van der Waals surface area contributed by atoms with E-state index in [1.807, 2.05) is 0 Å². The van der Waals surface area contributed by atoms with Crippen LogP contribution in [0.5, 0.6) is 0 Å². The van der Waals surface area contributed by atoms with Gasteiger partial charge in [0, 0.05) is 32.3 Å². The van der Waals surface area contributed by atoms with Crippen molar-refractivity contribution < 1.29 is 23.1 Å². The number of amides is 2. The van der Waals surface area contributed by atoms with E-state index in [2.05, 4.69) is 15.5 Å². The minimum Gasteiger partial charge on any atom is -0.383 e. The maximum Gasteiger partial charge on any atom is 0.313 e. The fourth-order valence-corrected chi connectivity index (χ4v) is 2.62. The smallest absolute Gasteiger partial charge is 0.313 e. The van der Waals surface area contributed by atoms with Gasteiger partial charge in [0.15, 0.2) is 0 Å². The SMILES string of the molecule is COCCN1CCC[C@H](NC(=O)C(=O)Nc2ccc(F)cc2F)C1. The molecule has 2 N–H and O–H groups in total. The fraction of sp³-hybridized carbons (Fsp3) is 0.500. The summed E-state index contributed by atoms with van der Waals surface area (Å²) in [4.78, 5) is 26.0. The highest BCUT2D eigenvalue weighted by Crippen LogP contribution is 2.15. The molecule has 1 heterocycles. The second kappa shape index (κ2) is 8.70. The van der Waals surface area contributed by atoms with E-state index in [4.69, 9.17) is 4.74 Å². The maximum absolute atomic E-state index is 13.5. The molecular formula is C16H21F2N3O3. The van der Waals surface area contributed by atoms with E-state index < -0.39 is 23.4 Å². The third-order valence-electron chi connectivity index (χ3n) is 3.84. The van der Waals surface area contributed by atoms with E-state index in [1.165, 1.54) is 0 Å². The summed E-state index contributed by atoms with van der Waals surface area (Å²) in [5, 5.41) is 4.79. The van der Waals surface area contributed by atoms with Crippen LogP contribution in [0.4, 0.5) is 14.5 Å². The molecule has 1 aliphatic heterocycles. The Bertz CT molecular complexity index is 598. The van der Waals surface area contributed by atoms with Crippen molar-refractivity contribution in [1.29, 1.82) is 0 Å². The molecular weight excluding hydrogens is 320 g/mol. The first kappa shape index (κ1) is 18.3. The van der Waals surface area contributed by atoms with E-state index in [1.54, 1.807) is 7.11 Å². The lowest BCUT2D eigenvalue weighted by molar-refractivity contribution is -0.136. The van der Waals surface area contributed by atoms with Gasteiger partial charge in [0.1, 0.15) is 11.6 Å². The molecule has 1 aliphatic rings. The average Bonchev–Trinajstić information content (AvgIpc) is 2.55. The molecule has 0 unspecified atom stereocenters. The zero-order chi connectivity index (χ0) is 17.5. The summed E-state index contributed by atoms with van der Waals surface area (Å²) in [6, 6.07) is 2.57. The predicted molar refractivity (Wildman–Crippen MR) is 84.5 cm³/mol. The highest BCUT2D eigenvalue weighted by atomic mass is 19.1. The minimum absolute atomic E-state index is 0.146. The van der Waals surface area contributed by atoms with Gasteiger partial charge in [-0.1, -0.05) is 0 Å². The van der Waals surface area contributed by atoms with Crippen LogP contribution in [0.25, 0.3) is 0 Å². The van der Waals surface area contributed by atoms with E-state index in [-0.39, 0.29) is 11.7 Å². The Hall–Kier alpha value is -2.06. The molecule has 0 saturated carbocycles. The fourth-order valence-electron chi connectivity index (χ4n) is 2.62. The standard InChI is InChI=1S/C16H21F2N3O3/c1-24-8-7-21-6-2-3-12(10-21)19-15(22)16(23)20-14-5-4-11(17)9-13(14)18/h4-5,9,12H,2-3,6-8,10H2,1H3,(H,19,22)(H,20,23)/t12-/m0/s1. The van der Waals surface area contributed by atoms with E-state index in [0.717, 1.165) is 38.1 Å². The second-order valence-corrected chi connectivity index (χ2v) is 5.68. The van der Waals surface area contributed by atoms with Gasteiger partial charge in [0.05, 0.1) is 12.3 Å². The Morgan fingerprint density at radius 1 is 1.33 bits per heavy atom. The van der Waals surface area contributed by atoms with Crippen LogP contribution < -0.4 is 10.6 Å². The number of benzene rings is 1. The number of methoxy groups -OCH3 is 1. The number of hydrogen-bond acceptors (Lipinski definition) is 4. The Kier molecular flexibility index (Phi) is 6.62. The Morgan fingerprint density at radius 3 is 2.83 bits per heavy atom. The van der Waals surface area contributed by atoms with Crippen molar-refractivity contribution in [3.05, 3.63) is 29.8 Å². The molecule has 0 radical (unpaired) electrons. The van der Waals surface area contributed by atoms with E-state index in [9.17, 15) is 18.4 Å². The highest BCUT2D eigenvalue weighted by Gasteiger charge is 2.24. The molecule has 0 aliphatic carbocycles. The number of carbonyl (C=O) groups excluding carboxylic acids is 2. The Morgan fingerprint density at radius 2 is 2.12 bits per heavy atom. The van der Waals surface area contributed by atoms with Crippen molar-refractivity contribution in [2.45, 2.75) is 18.9 Å². The van der Waals surface area contributed by atoms with Gasteiger partial charge in [-0.3, -0.25) is 14.5 Å². The van der Waals surface area contributed by atoms with Crippen molar-refractivity contribution >= 4 is 17.5 Å². The van der Waals surface area contributed by atoms with Crippen LogP contribution in [0.15, 0.2) is 18.2 Å². The lowest BCUT2D eigenvalue weighted by atomic mass is 10.1. The minimum atomic E-state index is -0.977. The molecule has 24 heavy (non-hydrogen) atoms. The third kappa shape index (κ3) is 5.24. The first-order valence-corrected chi connectivity index (χ1v) is 7.78. The summed E-state index contributed by atoms with van der Waals surface area (Å²) in [5.41, 5.74) is -0.234. The van der Waals surface area contributed by atoms with Gasteiger partial charge >= 0.3 is 11.8 Å². The van der Waals surface area contributed by atoms with Gasteiger partial charge in [-0.2, -0.15) is 0 Å². The lowest BCUT2D eigenvalue weighted by Crippen LogP contribution is -2.50. The van der Waals surface area contributed by atoms with E-state index >= 15 is 0 Å². The molecule has 2 amide bonds. The number of halogens is 2. The number of ether oxygens (including phenoxy) is 1. The number of nitrogens with zero attached hydrogens (tertiary/aromatic N) is 1. The second-order valence-electron chi connectivity index (χ2n) is 5.68. The molecule has 0 spiro atoms. The van der Waals surface area contributed by atoms with Crippen LogP contribution in [-0.2, 0) is 14.3 Å². The molecule has 132 valence electrons. The molecule has 1 saturated heterocycles. The largest absolute Gasteiger partial charge is 0.383 e. The number of piperidine rings is 1. The van der Waals surface area contributed by atoms with E-state index in [0.29, 0.717) is 19.2 Å². The monoisotopic (exact) mass is 341 g/mol. The molecule has 1 fully saturated rings. The van der Waals surface area contributed by atoms with Crippen molar-refractivity contribution in [2.24, 2.45) is 0 Å². The van der Waals surface area contributed by atoms with Crippen LogP contribution in [-0.4, -0.2) is 56.1 Å². The van der Waals surface area contributed by atoms with Crippen LogP contribution in [0.1, 0.15) is 12.8 Å². The van der Waals surface area contributed by atoms with Gasteiger partial charge in [-0.15, -0.1) is 0 Å². The summed E-state index contributed by atoms with van der Waals surface area (Å²) < 4.78 is 31.4. The van der Waals surface area contributed by atoms with Crippen LogP contribution in [0, 0.1) is 11.6 Å². The van der Waals surface area contributed by atoms with Crippen molar-refractivity contribution in [2.75, 3.05) is 38.7 Å². The summed E-state index contributed by atoms with van der Waals surface area (Å²) >= 11 is 0. The van der Waals surface area contributed by atoms with Crippen molar-refractivity contribution in [3.8, 4) is 0 Å². The Balaban J connectivity index is 1.85. The molecule has 0 bridgehead atoms. The normalized spacial score (nSPS) is 18.2. The lowest BCUT2D eigenvalue weighted by Gasteiger charge is -2.32. The van der Waals surface area contributed by atoms with Crippen molar-refractivity contribution in [3.63, 3.8) is 0 Å². The van der Waals surface area contributed by atoms with Crippen LogP contribution >= 0.6 is 0 Å². The Labute approximate surface area is 139 Å². The van der Waals surface area contributed by atoms with Crippen molar-refractivity contribution in [1.82, 2.24) is 10.2 Å². The molecule has 2 rings (SSSR count). The zero-order valence-corrected chi connectivity index (χ0v) is 13.5. The number of rotatable bonds is 5. The van der Waals surface area contributed by atoms with Gasteiger partial charge in [0.25, 0.3) is 0 Å². The summed E-state index contributed by atoms with van der Waals surface area (Å²) in [6.45, 7) is 2.91. The van der Waals surface area contributed by atoms with Gasteiger partial charge in [-0.25, -0.2) is 8.78 Å². The molecule has 0 aromatic heterocycles. The quantitative estimate of drug-likeness (QED) is 0.788. The third-order valence-corrected chi connectivity index (χ3v) is 3.84. The number of carbonyl (C=O) groups is 2. The summed E-state index contributed by atoms with van der Waals surface area (Å²) in [5.74, 6) is -3.50. The number of nitrogens with one attached hydrogen (secondary N) is 2. The maximum atomic E-state index is 13.5. The molecule has 1 aromatic carbocycles. The number of anilines is 1. The van der Waals surface area contributed by atoms with Crippen LogP contribution in [0.2, 0.25) is 0 Å². The average molecular weight is 341 g/mol. The number of likely N-dealkylation sites (tertiary alicyclic amines) is 1. The topological polar surface area (TPSA) is 70.7 Å². The summed E-state index contributed by atoms with van der Waals surface area (Å²) in [6.07, 6.45) is 1.68.